The number of carbonyl (C=O) groups excluding carboxylic acids is 2. The van der Waals surface area contributed by atoms with Gasteiger partial charge in [-0.3, -0.25) is 9.59 Å². The number of ether oxygens (including phenoxy) is 2. The van der Waals surface area contributed by atoms with E-state index in [1.807, 2.05) is 48.5 Å². The number of amides is 2. The van der Waals surface area contributed by atoms with Crippen LogP contribution in [0.15, 0.2) is 60.7 Å². The molecule has 0 fully saturated rings. The average molecular weight is 579 g/mol. The molecular weight excluding hydrogens is 524 g/mol. The predicted octanol–water partition coefficient (Wildman–Crippen LogP) is 8.43. The molecular formula is C36H54N2O4. The topological polar surface area (TPSA) is 76.7 Å². The normalized spacial score (nSPS) is 11.0. The number of para-hydroxylation sites is 2. The summed E-state index contributed by atoms with van der Waals surface area (Å²) < 4.78 is 10.7. The summed E-state index contributed by atoms with van der Waals surface area (Å²) in [7, 11) is 3.31. The van der Waals surface area contributed by atoms with Crippen LogP contribution in [0.1, 0.15) is 114 Å². The molecule has 0 saturated heterocycles. The fraction of sp³-hybridized carbons (Fsp3) is 0.556. The van der Waals surface area contributed by atoms with Crippen molar-refractivity contribution >= 4 is 11.8 Å². The third kappa shape index (κ3) is 16.2. The van der Waals surface area contributed by atoms with Crippen LogP contribution in [-0.2, 0) is 22.7 Å². The molecule has 0 unspecified atom stereocenters. The Hall–Kier alpha value is -3.28. The summed E-state index contributed by atoms with van der Waals surface area (Å²) in [5, 5.41) is 6.00. The van der Waals surface area contributed by atoms with Gasteiger partial charge >= 0.3 is 0 Å². The summed E-state index contributed by atoms with van der Waals surface area (Å²) in [6, 6.07) is 15.6. The fourth-order valence-electron chi connectivity index (χ4n) is 5.01. The largest absolute Gasteiger partial charge is 0.496 e. The minimum absolute atomic E-state index is 0.118. The number of methoxy groups -OCH3 is 2. The van der Waals surface area contributed by atoms with Crippen LogP contribution in [0.3, 0.4) is 0 Å². The van der Waals surface area contributed by atoms with Gasteiger partial charge in [0, 0.05) is 37.1 Å². The molecule has 232 valence electrons. The zero-order valence-corrected chi connectivity index (χ0v) is 26.1. The molecule has 0 saturated carbocycles. The number of carbonyl (C=O) groups is 2. The molecule has 0 aliphatic rings. The summed E-state index contributed by atoms with van der Waals surface area (Å²) in [4.78, 5) is 24.2. The lowest BCUT2D eigenvalue weighted by atomic mass is 10.1. The first-order valence-corrected chi connectivity index (χ1v) is 16.1. The smallest absolute Gasteiger partial charge is 0.220 e. The Labute approximate surface area is 254 Å². The van der Waals surface area contributed by atoms with Gasteiger partial charge in [-0.2, -0.15) is 0 Å². The number of rotatable bonds is 24. The second kappa shape index (κ2) is 23.3. The van der Waals surface area contributed by atoms with Crippen LogP contribution in [0, 0.1) is 0 Å². The lowest BCUT2D eigenvalue weighted by molar-refractivity contribution is -0.122. The Morgan fingerprint density at radius 3 is 1.31 bits per heavy atom. The second-order valence-electron chi connectivity index (χ2n) is 11.0. The molecule has 42 heavy (non-hydrogen) atoms. The highest BCUT2D eigenvalue weighted by Gasteiger charge is 2.06. The number of hydrogen-bond donors (Lipinski definition) is 2. The van der Waals surface area contributed by atoms with Gasteiger partial charge in [-0.15, -0.1) is 0 Å². The maximum atomic E-state index is 12.1. The van der Waals surface area contributed by atoms with Crippen LogP contribution < -0.4 is 20.1 Å². The van der Waals surface area contributed by atoms with Crippen molar-refractivity contribution in [2.24, 2.45) is 0 Å². The van der Waals surface area contributed by atoms with E-state index in [9.17, 15) is 9.59 Å². The van der Waals surface area contributed by atoms with Crippen LogP contribution in [0.5, 0.6) is 11.5 Å². The van der Waals surface area contributed by atoms with Crippen LogP contribution in [0.2, 0.25) is 0 Å². The molecule has 0 heterocycles. The monoisotopic (exact) mass is 578 g/mol. The van der Waals surface area contributed by atoms with Crippen LogP contribution in [-0.4, -0.2) is 26.0 Å². The highest BCUT2D eigenvalue weighted by molar-refractivity contribution is 5.76. The number of benzene rings is 2. The number of unbranched alkanes of at least 4 members (excludes halogenated alkanes) is 12. The van der Waals surface area contributed by atoms with Crippen LogP contribution in [0.25, 0.3) is 0 Å². The van der Waals surface area contributed by atoms with E-state index in [1.165, 1.54) is 64.2 Å². The highest BCUT2D eigenvalue weighted by Crippen LogP contribution is 2.18. The average Bonchev–Trinajstić information content (AvgIpc) is 3.02. The molecule has 0 aromatic heterocycles. The van der Waals surface area contributed by atoms with Gasteiger partial charge in [0.05, 0.1) is 14.2 Å². The molecule has 6 nitrogen and oxygen atoms in total. The SMILES string of the molecule is COc1ccccc1CNC(=O)CCCCCCCC/C=C/CCCCCCCCC(=O)NCc1ccccc1OC. The minimum Gasteiger partial charge on any atom is -0.496 e. The van der Waals surface area contributed by atoms with Crippen molar-refractivity contribution in [1.29, 1.82) is 0 Å². The van der Waals surface area contributed by atoms with Gasteiger partial charge < -0.3 is 20.1 Å². The molecule has 0 aliphatic heterocycles. The molecule has 2 rings (SSSR count). The number of hydrogen-bond acceptors (Lipinski definition) is 4. The van der Waals surface area contributed by atoms with Gasteiger partial charge in [-0.1, -0.05) is 99.9 Å². The van der Waals surface area contributed by atoms with Crippen LogP contribution >= 0.6 is 0 Å². The van der Waals surface area contributed by atoms with E-state index in [2.05, 4.69) is 22.8 Å². The lowest BCUT2D eigenvalue weighted by Crippen LogP contribution is -2.22. The first-order chi connectivity index (χ1) is 20.6. The molecule has 0 spiro atoms. The Morgan fingerprint density at radius 1 is 0.548 bits per heavy atom. The maximum absolute atomic E-state index is 12.1. The van der Waals surface area contributed by atoms with Gasteiger partial charge in [0.1, 0.15) is 11.5 Å². The lowest BCUT2D eigenvalue weighted by Gasteiger charge is -2.09. The van der Waals surface area contributed by atoms with E-state index in [4.69, 9.17) is 9.47 Å². The third-order valence-electron chi connectivity index (χ3n) is 7.55. The first kappa shape index (κ1) is 34.9. The summed E-state index contributed by atoms with van der Waals surface area (Å²) in [5.74, 6) is 1.87. The van der Waals surface area contributed by atoms with Crippen molar-refractivity contribution in [1.82, 2.24) is 10.6 Å². The first-order valence-electron chi connectivity index (χ1n) is 16.1. The van der Waals surface area contributed by atoms with Crippen molar-refractivity contribution in [3.8, 4) is 11.5 Å². The van der Waals surface area contributed by atoms with E-state index in [0.29, 0.717) is 25.9 Å². The van der Waals surface area contributed by atoms with Crippen molar-refractivity contribution < 1.29 is 19.1 Å². The zero-order valence-electron chi connectivity index (χ0n) is 26.1. The molecule has 2 aromatic rings. The zero-order chi connectivity index (χ0) is 30.1. The molecule has 2 amide bonds. The third-order valence-corrected chi connectivity index (χ3v) is 7.55. The Morgan fingerprint density at radius 2 is 0.905 bits per heavy atom. The Balaban J connectivity index is 1.31. The summed E-state index contributed by atoms with van der Waals surface area (Å²) in [5.41, 5.74) is 2.02. The summed E-state index contributed by atoms with van der Waals surface area (Å²) in [6.07, 6.45) is 22.3. The minimum atomic E-state index is 0.118. The van der Waals surface area contributed by atoms with Gasteiger partial charge in [-0.25, -0.2) is 0 Å². The second-order valence-corrected chi connectivity index (χ2v) is 11.0. The summed E-state index contributed by atoms with van der Waals surface area (Å²) in [6.45, 7) is 1.04. The molecule has 0 radical (unpaired) electrons. The molecule has 2 aromatic carbocycles. The Kier molecular flexibility index (Phi) is 19.4. The molecule has 0 aliphatic carbocycles. The van der Waals surface area contributed by atoms with Gasteiger partial charge in [0.25, 0.3) is 0 Å². The van der Waals surface area contributed by atoms with Gasteiger partial charge in [0.2, 0.25) is 11.8 Å². The van der Waals surface area contributed by atoms with Gasteiger partial charge in [0.15, 0.2) is 0 Å². The van der Waals surface area contributed by atoms with Crippen molar-refractivity contribution in [3.63, 3.8) is 0 Å². The Bertz CT molecular complexity index is 955. The van der Waals surface area contributed by atoms with Gasteiger partial charge in [-0.05, 0) is 50.7 Å². The number of nitrogens with one attached hydrogen (secondary N) is 2. The molecule has 6 heteroatoms. The summed E-state index contributed by atoms with van der Waals surface area (Å²) >= 11 is 0. The molecule has 0 bridgehead atoms. The van der Waals surface area contributed by atoms with E-state index in [0.717, 1.165) is 48.3 Å². The van der Waals surface area contributed by atoms with Crippen molar-refractivity contribution in [2.75, 3.05) is 14.2 Å². The highest BCUT2D eigenvalue weighted by atomic mass is 16.5. The standard InChI is InChI=1S/C36H54N2O4/c1-41-33-25-21-19-23-31(33)29-37-35(39)27-17-15-13-11-9-7-5-3-4-6-8-10-12-14-16-18-28-36(40)38-30-32-24-20-22-26-34(32)42-2/h3-4,19-26H,5-18,27-30H2,1-2H3,(H,37,39)(H,38,40)/b4-3+. The molecule has 2 N–H and O–H groups in total. The van der Waals surface area contributed by atoms with E-state index in [-0.39, 0.29) is 11.8 Å². The van der Waals surface area contributed by atoms with E-state index >= 15 is 0 Å². The fourth-order valence-corrected chi connectivity index (χ4v) is 5.01. The molecule has 0 atom stereocenters. The van der Waals surface area contributed by atoms with Crippen LogP contribution in [0.4, 0.5) is 0 Å². The van der Waals surface area contributed by atoms with Crippen molar-refractivity contribution in [2.45, 2.75) is 116 Å². The van der Waals surface area contributed by atoms with Crippen molar-refractivity contribution in [3.05, 3.63) is 71.8 Å². The number of allylic oxidation sites excluding steroid dienone is 2. The quantitative estimate of drug-likeness (QED) is 0.0968. The van der Waals surface area contributed by atoms with E-state index < -0.39 is 0 Å². The van der Waals surface area contributed by atoms with E-state index in [1.54, 1.807) is 14.2 Å². The maximum Gasteiger partial charge on any atom is 0.220 e. The predicted molar refractivity (Wildman–Crippen MR) is 173 cm³/mol.